The average Bonchev–Trinajstić information content (AvgIpc) is 2.55. The zero-order valence-electron chi connectivity index (χ0n) is 16.3. The van der Waals surface area contributed by atoms with Crippen molar-refractivity contribution in [2.45, 2.75) is 67.2 Å². The molecule has 0 aliphatic heterocycles. The molecule has 0 saturated heterocycles. The van der Waals surface area contributed by atoms with E-state index in [2.05, 4.69) is 13.8 Å². The summed E-state index contributed by atoms with van der Waals surface area (Å²) in [6.45, 7) is 13.1. The van der Waals surface area contributed by atoms with Crippen molar-refractivity contribution in [1.29, 1.82) is 0 Å². The zero-order valence-corrected chi connectivity index (χ0v) is 16.3. The lowest BCUT2D eigenvalue weighted by Crippen LogP contribution is -2.45. The van der Waals surface area contributed by atoms with E-state index in [9.17, 15) is 9.59 Å². The molecule has 4 unspecified atom stereocenters. The molecule has 4 nitrogen and oxygen atoms in total. The van der Waals surface area contributed by atoms with Crippen molar-refractivity contribution >= 4 is 11.9 Å². The second-order valence-electron chi connectivity index (χ2n) is 8.01. The van der Waals surface area contributed by atoms with Gasteiger partial charge < -0.3 is 9.47 Å². The maximum absolute atomic E-state index is 12.8. The van der Waals surface area contributed by atoms with Gasteiger partial charge in [0.15, 0.2) is 0 Å². The van der Waals surface area contributed by atoms with Crippen LogP contribution in [0.4, 0.5) is 0 Å². The summed E-state index contributed by atoms with van der Waals surface area (Å²) in [4.78, 5) is 25.5. The van der Waals surface area contributed by atoms with Gasteiger partial charge in [0, 0.05) is 0 Å². The molecule has 1 fully saturated rings. The average molecular weight is 341 g/mol. The van der Waals surface area contributed by atoms with Crippen molar-refractivity contribution in [1.82, 2.24) is 0 Å². The molecule has 0 aromatic rings. The van der Waals surface area contributed by atoms with Gasteiger partial charge in [-0.3, -0.25) is 9.59 Å². The first-order chi connectivity index (χ1) is 11.3. The summed E-state index contributed by atoms with van der Waals surface area (Å²) in [5.74, 6) is -0.107. The Kier molecular flexibility index (Phi) is 8.79. The van der Waals surface area contributed by atoms with Crippen LogP contribution >= 0.6 is 0 Å². The molecule has 0 N–H and O–H groups in total. The van der Waals surface area contributed by atoms with Crippen molar-refractivity contribution in [2.24, 2.45) is 35.5 Å². The normalized spacial score (nSPS) is 27.3. The Balaban J connectivity index is 2.97. The molecule has 4 atom stereocenters. The van der Waals surface area contributed by atoms with Crippen molar-refractivity contribution in [2.75, 3.05) is 13.2 Å². The smallest absolute Gasteiger partial charge is 0.310 e. The number of hydrogen-bond acceptors (Lipinski definition) is 4. The van der Waals surface area contributed by atoms with Crippen LogP contribution in [0.25, 0.3) is 0 Å². The van der Waals surface area contributed by atoms with Crippen molar-refractivity contribution in [3.63, 3.8) is 0 Å². The minimum atomic E-state index is -0.355. The molecule has 0 aromatic carbocycles. The van der Waals surface area contributed by atoms with Gasteiger partial charge in [-0.2, -0.15) is 0 Å². The van der Waals surface area contributed by atoms with Gasteiger partial charge in [0.05, 0.1) is 25.0 Å². The highest BCUT2D eigenvalue weighted by atomic mass is 16.5. The highest BCUT2D eigenvalue weighted by Gasteiger charge is 2.47. The van der Waals surface area contributed by atoms with Crippen LogP contribution in [0.5, 0.6) is 0 Å². The quantitative estimate of drug-likeness (QED) is 0.612. The molecule has 1 aliphatic carbocycles. The van der Waals surface area contributed by atoms with E-state index in [-0.39, 0.29) is 35.6 Å². The Morgan fingerprint density at radius 3 is 1.38 bits per heavy atom. The van der Waals surface area contributed by atoms with E-state index in [1.165, 1.54) is 0 Å². The lowest BCUT2D eigenvalue weighted by molar-refractivity contribution is -0.170. The second kappa shape index (κ2) is 10.0. The third-order valence-electron chi connectivity index (χ3n) is 5.02. The number of carbonyl (C=O) groups excluding carboxylic acids is 2. The Bertz CT molecular complexity index is 364. The van der Waals surface area contributed by atoms with Crippen molar-refractivity contribution in [3.05, 3.63) is 0 Å². The summed E-state index contributed by atoms with van der Waals surface area (Å²) < 4.78 is 11.1. The number of rotatable bonds is 8. The van der Waals surface area contributed by atoms with Crippen LogP contribution in [-0.2, 0) is 19.1 Å². The van der Waals surface area contributed by atoms with Crippen molar-refractivity contribution < 1.29 is 19.1 Å². The zero-order chi connectivity index (χ0) is 18.3. The number of carbonyl (C=O) groups is 2. The molecule has 0 bridgehead atoms. The van der Waals surface area contributed by atoms with Gasteiger partial charge in [0.2, 0.25) is 0 Å². The van der Waals surface area contributed by atoms with Gasteiger partial charge in [-0.25, -0.2) is 0 Å². The van der Waals surface area contributed by atoms with E-state index in [0.717, 1.165) is 25.7 Å². The van der Waals surface area contributed by atoms with Gasteiger partial charge in [-0.15, -0.1) is 0 Å². The SMILES string of the molecule is CCC1CCC(CC)C(C(=O)OCC(C)C)C1C(=O)OCC(C)C. The topological polar surface area (TPSA) is 52.6 Å². The second-order valence-corrected chi connectivity index (χ2v) is 8.01. The summed E-state index contributed by atoms with van der Waals surface area (Å²) >= 11 is 0. The highest BCUT2D eigenvalue weighted by Crippen LogP contribution is 2.43. The molecule has 1 saturated carbocycles. The summed E-state index contributed by atoms with van der Waals surface area (Å²) in [5.41, 5.74) is 0. The fourth-order valence-corrected chi connectivity index (χ4v) is 3.66. The van der Waals surface area contributed by atoms with Crippen LogP contribution in [0.3, 0.4) is 0 Å². The minimum Gasteiger partial charge on any atom is -0.465 e. The van der Waals surface area contributed by atoms with Gasteiger partial charge >= 0.3 is 11.9 Å². The van der Waals surface area contributed by atoms with Gasteiger partial charge in [-0.1, -0.05) is 54.4 Å². The molecular weight excluding hydrogens is 304 g/mol. The molecule has 140 valence electrons. The lowest BCUT2D eigenvalue weighted by Gasteiger charge is -2.40. The fourth-order valence-electron chi connectivity index (χ4n) is 3.66. The summed E-state index contributed by atoms with van der Waals surface area (Å²) in [5, 5.41) is 0. The monoisotopic (exact) mass is 340 g/mol. The van der Waals surface area contributed by atoms with Crippen LogP contribution in [0, 0.1) is 35.5 Å². The molecule has 4 heteroatoms. The minimum absolute atomic E-state index is 0.208. The number of esters is 2. The maximum Gasteiger partial charge on any atom is 0.310 e. The predicted octanol–water partition coefficient (Wildman–Crippen LogP) is 4.46. The van der Waals surface area contributed by atoms with Crippen LogP contribution in [-0.4, -0.2) is 25.2 Å². The third-order valence-corrected chi connectivity index (χ3v) is 5.02. The Morgan fingerprint density at radius 2 is 1.12 bits per heavy atom. The number of hydrogen-bond donors (Lipinski definition) is 0. The molecule has 0 amide bonds. The van der Waals surface area contributed by atoms with E-state index < -0.39 is 0 Å². The Hall–Kier alpha value is -1.06. The van der Waals surface area contributed by atoms with E-state index in [1.54, 1.807) is 0 Å². The molecule has 0 aromatic heterocycles. The van der Waals surface area contributed by atoms with E-state index in [4.69, 9.17) is 9.47 Å². The van der Waals surface area contributed by atoms with Gasteiger partial charge in [-0.05, 0) is 36.5 Å². The van der Waals surface area contributed by atoms with E-state index in [1.807, 2.05) is 27.7 Å². The third kappa shape index (κ3) is 5.78. The standard InChI is InChI=1S/C20H36O4/c1-7-15-9-10-16(8-2)18(20(22)24-12-14(5)6)17(15)19(21)23-11-13(3)4/h13-18H,7-12H2,1-6H3. The van der Waals surface area contributed by atoms with Crippen LogP contribution in [0.1, 0.15) is 67.2 Å². The van der Waals surface area contributed by atoms with E-state index >= 15 is 0 Å². The van der Waals surface area contributed by atoms with Crippen LogP contribution in [0.2, 0.25) is 0 Å². The molecule has 0 heterocycles. The first kappa shape index (κ1) is 21.0. The molecule has 0 radical (unpaired) electrons. The fraction of sp³-hybridized carbons (Fsp3) is 0.900. The summed E-state index contributed by atoms with van der Waals surface area (Å²) in [6.07, 6.45) is 3.77. The van der Waals surface area contributed by atoms with Gasteiger partial charge in [0.25, 0.3) is 0 Å². The molecule has 0 spiro atoms. The van der Waals surface area contributed by atoms with Gasteiger partial charge in [0.1, 0.15) is 0 Å². The highest BCUT2D eigenvalue weighted by molar-refractivity contribution is 5.83. The van der Waals surface area contributed by atoms with Crippen LogP contribution < -0.4 is 0 Å². The number of ether oxygens (including phenoxy) is 2. The summed E-state index contributed by atoms with van der Waals surface area (Å²) in [6, 6.07) is 0. The summed E-state index contributed by atoms with van der Waals surface area (Å²) in [7, 11) is 0. The van der Waals surface area contributed by atoms with Crippen molar-refractivity contribution in [3.8, 4) is 0 Å². The molecule has 1 aliphatic rings. The van der Waals surface area contributed by atoms with E-state index in [0.29, 0.717) is 25.0 Å². The lowest BCUT2D eigenvalue weighted by atomic mass is 9.65. The van der Waals surface area contributed by atoms with Crippen LogP contribution in [0.15, 0.2) is 0 Å². The Morgan fingerprint density at radius 1 is 0.792 bits per heavy atom. The maximum atomic E-state index is 12.8. The largest absolute Gasteiger partial charge is 0.465 e. The molecule has 24 heavy (non-hydrogen) atoms. The first-order valence-corrected chi connectivity index (χ1v) is 9.64. The predicted molar refractivity (Wildman–Crippen MR) is 95.4 cm³/mol. The molecule has 1 rings (SSSR count). The Labute approximate surface area is 147 Å². The molecular formula is C20H36O4. The first-order valence-electron chi connectivity index (χ1n) is 9.64.